The summed E-state index contributed by atoms with van der Waals surface area (Å²) in [5.74, 6) is 0. The van der Waals surface area contributed by atoms with Crippen LogP contribution in [0.4, 0.5) is 10.8 Å². The Labute approximate surface area is 130 Å². The Morgan fingerprint density at radius 3 is 2.60 bits per heavy atom. The molecule has 4 nitrogen and oxygen atoms in total. The van der Waals surface area contributed by atoms with Crippen LogP contribution in [0.15, 0.2) is 34.2 Å². The summed E-state index contributed by atoms with van der Waals surface area (Å²) in [6.07, 6.45) is 1.85. The van der Waals surface area contributed by atoms with E-state index in [9.17, 15) is 5.11 Å². The monoisotopic (exact) mass is 353 g/mol. The quantitative estimate of drug-likeness (QED) is 0.920. The lowest BCUT2D eigenvalue weighted by Crippen LogP contribution is -2.46. The highest BCUT2D eigenvalue weighted by molar-refractivity contribution is 9.10. The number of thiazole rings is 1. The van der Waals surface area contributed by atoms with Gasteiger partial charge in [0.05, 0.1) is 6.61 Å². The van der Waals surface area contributed by atoms with E-state index in [2.05, 4.69) is 36.8 Å². The first kappa shape index (κ1) is 13.9. The summed E-state index contributed by atoms with van der Waals surface area (Å²) in [5, 5.41) is 12.6. The Kier molecular flexibility index (Phi) is 4.24. The second-order valence-corrected chi connectivity index (χ2v) is 6.51. The molecule has 0 radical (unpaired) electrons. The minimum Gasteiger partial charge on any atom is -0.392 e. The van der Waals surface area contributed by atoms with Crippen molar-refractivity contribution in [1.29, 1.82) is 0 Å². The molecule has 2 aromatic rings. The Hall–Kier alpha value is -1.11. The second kappa shape index (κ2) is 6.11. The predicted molar refractivity (Wildman–Crippen MR) is 86.6 cm³/mol. The van der Waals surface area contributed by atoms with Crippen LogP contribution in [0.3, 0.4) is 0 Å². The minimum absolute atomic E-state index is 0.0709. The smallest absolute Gasteiger partial charge is 0.185 e. The molecule has 2 heterocycles. The van der Waals surface area contributed by atoms with Gasteiger partial charge in [-0.05, 0) is 18.2 Å². The van der Waals surface area contributed by atoms with Gasteiger partial charge in [-0.3, -0.25) is 0 Å². The van der Waals surface area contributed by atoms with Crippen LogP contribution in [-0.2, 0) is 6.61 Å². The van der Waals surface area contributed by atoms with Crippen LogP contribution >= 0.6 is 27.3 Å². The van der Waals surface area contributed by atoms with Crippen LogP contribution in [0.25, 0.3) is 0 Å². The Morgan fingerprint density at radius 2 is 1.95 bits per heavy atom. The van der Waals surface area contributed by atoms with Crippen molar-refractivity contribution in [3.63, 3.8) is 0 Å². The minimum atomic E-state index is 0.0709. The number of aromatic nitrogens is 1. The fraction of sp³-hybridized carbons (Fsp3) is 0.357. The molecule has 20 heavy (non-hydrogen) atoms. The summed E-state index contributed by atoms with van der Waals surface area (Å²) in [5.41, 5.74) is 2.11. The molecular weight excluding hydrogens is 338 g/mol. The van der Waals surface area contributed by atoms with E-state index in [1.165, 1.54) is 0 Å². The molecule has 1 aliphatic rings. The fourth-order valence-electron chi connectivity index (χ4n) is 2.50. The molecule has 0 amide bonds. The van der Waals surface area contributed by atoms with Gasteiger partial charge in [0.15, 0.2) is 5.13 Å². The number of hydrogen-bond donors (Lipinski definition) is 1. The van der Waals surface area contributed by atoms with E-state index in [1.54, 1.807) is 11.3 Å². The topological polar surface area (TPSA) is 39.6 Å². The SMILES string of the molecule is OCc1cc(Br)ccc1N1CCN(c2nccs2)CC1. The van der Waals surface area contributed by atoms with Gasteiger partial charge >= 0.3 is 0 Å². The number of piperazine rings is 1. The van der Waals surface area contributed by atoms with E-state index in [1.807, 2.05) is 23.7 Å². The molecule has 1 aromatic carbocycles. The first-order valence-electron chi connectivity index (χ1n) is 6.56. The molecule has 0 saturated carbocycles. The highest BCUT2D eigenvalue weighted by Crippen LogP contribution is 2.27. The number of hydrogen-bond acceptors (Lipinski definition) is 5. The van der Waals surface area contributed by atoms with Gasteiger partial charge in [-0.2, -0.15) is 0 Å². The summed E-state index contributed by atoms with van der Waals surface area (Å²) in [6.45, 7) is 3.91. The van der Waals surface area contributed by atoms with Gasteiger partial charge in [-0.1, -0.05) is 15.9 Å². The van der Waals surface area contributed by atoms with Gasteiger partial charge in [0.1, 0.15) is 0 Å². The third kappa shape index (κ3) is 2.82. The van der Waals surface area contributed by atoms with Gasteiger partial charge in [-0.25, -0.2) is 4.98 Å². The molecule has 6 heteroatoms. The first-order chi connectivity index (χ1) is 9.78. The maximum Gasteiger partial charge on any atom is 0.185 e. The van der Waals surface area contributed by atoms with Crippen molar-refractivity contribution in [3.8, 4) is 0 Å². The molecule has 3 rings (SSSR count). The van der Waals surface area contributed by atoms with E-state index in [-0.39, 0.29) is 6.61 Å². The van der Waals surface area contributed by atoms with Gasteiger partial charge in [0, 0.05) is 53.5 Å². The number of nitrogens with zero attached hydrogens (tertiary/aromatic N) is 3. The van der Waals surface area contributed by atoms with E-state index < -0.39 is 0 Å². The molecule has 1 aliphatic heterocycles. The zero-order valence-electron chi connectivity index (χ0n) is 11.0. The number of anilines is 2. The lowest BCUT2D eigenvalue weighted by atomic mass is 10.1. The zero-order chi connectivity index (χ0) is 13.9. The predicted octanol–water partition coefficient (Wildman–Crippen LogP) is 2.72. The molecule has 0 unspecified atom stereocenters. The van der Waals surface area contributed by atoms with Crippen molar-refractivity contribution in [2.24, 2.45) is 0 Å². The van der Waals surface area contributed by atoms with Crippen LogP contribution in [0.2, 0.25) is 0 Å². The maximum atomic E-state index is 9.51. The molecule has 0 bridgehead atoms. The summed E-state index contributed by atoms with van der Waals surface area (Å²) in [6, 6.07) is 6.10. The van der Waals surface area contributed by atoms with Crippen LogP contribution in [0.5, 0.6) is 0 Å². The molecule has 0 spiro atoms. The third-order valence-corrected chi connectivity index (χ3v) is 4.85. The average Bonchev–Trinajstić information content (AvgIpc) is 3.01. The van der Waals surface area contributed by atoms with Crippen molar-refractivity contribution >= 4 is 38.1 Å². The average molecular weight is 354 g/mol. The van der Waals surface area contributed by atoms with Crippen molar-refractivity contribution in [2.75, 3.05) is 36.0 Å². The van der Waals surface area contributed by atoms with E-state index in [0.717, 1.165) is 47.0 Å². The molecular formula is C14H16BrN3OS. The van der Waals surface area contributed by atoms with E-state index in [4.69, 9.17) is 0 Å². The van der Waals surface area contributed by atoms with Crippen LogP contribution < -0.4 is 9.80 Å². The largest absolute Gasteiger partial charge is 0.392 e. The number of benzene rings is 1. The molecule has 0 atom stereocenters. The number of aliphatic hydroxyl groups is 1. The summed E-state index contributed by atoms with van der Waals surface area (Å²) in [7, 11) is 0. The van der Waals surface area contributed by atoms with Gasteiger partial charge in [0.25, 0.3) is 0 Å². The number of rotatable bonds is 3. The second-order valence-electron chi connectivity index (χ2n) is 4.72. The van der Waals surface area contributed by atoms with Gasteiger partial charge in [0.2, 0.25) is 0 Å². The van der Waals surface area contributed by atoms with Crippen molar-refractivity contribution in [3.05, 3.63) is 39.8 Å². The Morgan fingerprint density at radius 1 is 1.20 bits per heavy atom. The number of halogens is 1. The maximum absolute atomic E-state index is 9.51. The zero-order valence-corrected chi connectivity index (χ0v) is 13.4. The lowest BCUT2D eigenvalue weighted by molar-refractivity contribution is 0.282. The standard InChI is InChI=1S/C14H16BrN3OS/c15-12-1-2-13(11(9-12)10-19)17-4-6-18(7-5-17)14-16-3-8-20-14/h1-3,8-9,19H,4-7,10H2. The van der Waals surface area contributed by atoms with Crippen LogP contribution in [-0.4, -0.2) is 36.3 Å². The van der Waals surface area contributed by atoms with Crippen molar-refractivity contribution in [1.82, 2.24) is 4.98 Å². The Bertz CT molecular complexity index is 568. The first-order valence-corrected chi connectivity index (χ1v) is 8.24. The van der Waals surface area contributed by atoms with Crippen LogP contribution in [0.1, 0.15) is 5.56 Å². The van der Waals surface area contributed by atoms with Crippen molar-refractivity contribution < 1.29 is 5.11 Å². The molecule has 106 valence electrons. The lowest BCUT2D eigenvalue weighted by Gasteiger charge is -2.36. The molecule has 1 saturated heterocycles. The molecule has 1 N–H and O–H groups in total. The third-order valence-electron chi connectivity index (χ3n) is 3.52. The van der Waals surface area contributed by atoms with E-state index in [0.29, 0.717) is 0 Å². The van der Waals surface area contributed by atoms with Gasteiger partial charge in [-0.15, -0.1) is 11.3 Å². The summed E-state index contributed by atoms with van der Waals surface area (Å²) in [4.78, 5) is 9.02. The normalized spacial score (nSPS) is 15.7. The molecule has 1 aromatic heterocycles. The molecule has 0 aliphatic carbocycles. The van der Waals surface area contributed by atoms with Crippen LogP contribution in [0, 0.1) is 0 Å². The molecule has 1 fully saturated rings. The summed E-state index contributed by atoms with van der Waals surface area (Å²) < 4.78 is 1.01. The highest BCUT2D eigenvalue weighted by atomic mass is 79.9. The Balaban J connectivity index is 1.72. The fourth-order valence-corrected chi connectivity index (χ4v) is 3.61. The van der Waals surface area contributed by atoms with E-state index >= 15 is 0 Å². The summed E-state index contributed by atoms with van der Waals surface area (Å²) >= 11 is 5.14. The van der Waals surface area contributed by atoms with Gasteiger partial charge < -0.3 is 14.9 Å². The van der Waals surface area contributed by atoms with Crippen molar-refractivity contribution in [2.45, 2.75) is 6.61 Å². The number of aliphatic hydroxyl groups excluding tert-OH is 1. The highest BCUT2D eigenvalue weighted by Gasteiger charge is 2.20.